The maximum absolute atomic E-state index is 11.5. The van der Waals surface area contributed by atoms with Crippen LogP contribution in [0.3, 0.4) is 0 Å². The third kappa shape index (κ3) is 3.41. The molecule has 0 fully saturated rings. The van der Waals surface area contributed by atoms with Crippen LogP contribution in [-0.4, -0.2) is 27.5 Å². The summed E-state index contributed by atoms with van der Waals surface area (Å²) in [6.07, 6.45) is 0.302. The first-order valence-corrected chi connectivity index (χ1v) is 8.10. The number of rotatable bonds is 3. The lowest BCUT2D eigenvalue weighted by molar-refractivity contribution is -0.701. The molecule has 1 aromatic heterocycles. The first kappa shape index (κ1) is 17.2. The molecule has 0 atom stereocenters. The van der Waals surface area contributed by atoms with Gasteiger partial charge in [-0.05, 0) is 25.1 Å². The van der Waals surface area contributed by atoms with Crippen LogP contribution in [0.15, 0.2) is 29.4 Å². The Morgan fingerprint density at radius 3 is 2.88 bits per heavy atom. The highest BCUT2D eigenvalue weighted by Gasteiger charge is 2.27. The van der Waals surface area contributed by atoms with Crippen molar-refractivity contribution in [2.75, 3.05) is 0 Å². The fourth-order valence-electron chi connectivity index (χ4n) is 2.97. The molecule has 130 valence electrons. The number of carboxylic acid groups (broad SMARTS) is 1. The number of hydrogen-bond donors (Lipinski definition) is 1. The first-order chi connectivity index (χ1) is 11.9. The van der Waals surface area contributed by atoms with E-state index in [1.807, 2.05) is 42.8 Å². The standard InChI is InChI=1S/C17H16ClN3O4/c1-10-14-7-12(18)3-4-15(14)21-11(2)20(9-13(21)8-19-10)6-5-16(22)25-17(23)24/h3-4,7,9H,5-6,8H2,1-2H3/p+1. The molecule has 1 N–H and O–H groups in total. The maximum atomic E-state index is 11.5. The largest absolute Gasteiger partial charge is 0.513 e. The Kier molecular flexibility index (Phi) is 4.59. The molecule has 25 heavy (non-hydrogen) atoms. The van der Waals surface area contributed by atoms with E-state index >= 15 is 0 Å². The lowest BCUT2D eigenvalue weighted by Gasteiger charge is -2.07. The molecule has 7 nitrogen and oxygen atoms in total. The van der Waals surface area contributed by atoms with Gasteiger partial charge >= 0.3 is 12.1 Å². The minimum absolute atomic E-state index is 0.0307. The summed E-state index contributed by atoms with van der Waals surface area (Å²) in [6.45, 7) is 4.72. The summed E-state index contributed by atoms with van der Waals surface area (Å²) in [6, 6.07) is 5.66. The predicted octanol–water partition coefficient (Wildman–Crippen LogP) is 2.66. The number of benzene rings is 1. The zero-order valence-electron chi connectivity index (χ0n) is 13.8. The summed E-state index contributed by atoms with van der Waals surface area (Å²) in [5, 5.41) is 9.12. The van der Waals surface area contributed by atoms with Gasteiger partial charge in [-0.3, -0.25) is 9.79 Å². The summed E-state index contributed by atoms with van der Waals surface area (Å²) in [5.74, 6) is 0.133. The number of imidazole rings is 1. The molecule has 0 spiro atoms. The van der Waals surface area contributed by atoms with Crippen molar-refractivity contribution in [2.24, 2.45) is 4.99 Å². The Morgan fingerprint density at radius 2 is 2.16 bits per heavy atom. The number of ether oxygens (including phenoxy) is 1. The van der Waals surface area contributed by atoms with Crippen molar-refractivity contribution in [2.45, 2.75) is 33.4 Å². The molecule has 0 radical (unpaired) electrons. The van der Waals surface area contributed by atoms with Gasteiger partial charge in [0.1, 0.15) is 25.0 Å². The number of nitrogens with zero attached hydrogens (tertiary/aromatic N) is 3. The molecule has 0 aliphatic carbocycles. The summed E-state index contributed by atoms with van der Waals surface area (Å²) >= 11 is 6.12. The summed E-state index contributed by atoms with van der Waals surface area (Å²) < 4.78 is 8.11. The van der Waals surface area contributed by atoms with Gasteiger partial charge in [0.05, 0.1) is 6.42 Å². The molecule has 2 heterocycles. The fraction of sp³-hybridized carbons (Fsp3) is 0.294. The van der Waals surface area contributed by atoms with E-state index in [1.54, 1.807) is 0 Å². The smallest absolute Gasteiger partial charge is 0.449 e. The second-order valence-corrected chi connectivity index (χ2v) is 6.19. The number of hydrogen-bond acceptors (Lipinski definition) is 4. The summed E-state index contributed by atoms with van der Waals surface area (Å²) in [7, 11) is 0. The second-order valence-electron chi connectivity index (χ2n) is 5.75. The number of aliphatic imine (C=N–C) groups is 1. The van der Waals surface area contributed by atoms with Gasteiger partial charge in [0.25, 0.3) is 5.82 Å². The van der Waals surface area contributed by atoms with Crippen molar-refractivity contribution in [3.63, 3.8) is 0 Å². The molecule has 8 heteroatoms. The van der Waals surface area contributed by atoms with Crippen molar-refractivity contribution in [1.29, 1.82) is 0 Å². The minimum Gasteiger partial charge on any atom is -0.449 e. The van der Waals surface area contributed by atoms with Gasteiger partial charge in [0.15, 0.2) is 5.69 Å². The van der Waals surface area contributed by atoms with Crippen molar-refractivity contribution in [3.05, 3.63) is 46.5 Å². The van der Waals surface area contributed by atoms with Gasteiger partial charge in [0, 0.05) is 23.2 Å². The number of halogens is 1. The van der Waals surface area contributed by atoms with Crippen LogP contribution in [0.25, 0.3) is 5.69 Å². The number of esters is 1. The minimum atomic E-state index is -1.59. The van der Waals surface area contributed by atoms with Crippen LogP contribution in [0.4, 0.5) is 4.79 Å². The number of fused-ring (bicyclic) bond motifs is 3. The number of carbonyl (C=O) groups excluding carboxylic acids is 1. The SMILES string of the molecule is CC1=NCc2c[n+](CCC(=O)OC(=O)O)c(C)n2-c2ccc(Cl)cc21. The molecule has 0 saturated heterocycles. The molecular weight excluding hydrogens is 346 g/mol. The monoisotopic (exact) mass is 362 g/mol. The van der Waals surface area contributed by atoms with Crippen molar-refractivity contribution in [1.82, 2.24) is 4.57 Å². The van der Waals surface area contributed by atoms with Gasteiger partial charge in [-0.25, -0.2) is 9.36 Å². The third-order valence-electron chi connectivity index (χ3n) is 4.16. The van der Waals surface area contributed by atoms with E-state index in [4.69, 9.17) is 16.7 Å². The van der Waals surface area contributed by atoms with E-state index in [0.717, 1.165) is 28.5 Å². The molecule has 0 unspecified atom stereocenters. The van der Waals surface area contributed by atoms with E-state index < -0.39 is 12.1 Å². The van der Waals surface area contributed by atoms with Crippen molar-refractivity contribution < 1.29 is 24.0 Å². The number of aryl methyl sites for hydroxylation is 1. The molecule has 0 saturated carbocycles. The third-order valence-corrected chi connectivity index (χ3v) is 4.39. The fourth-order valence-corrected chi connectivity index (χ4v) is 3.14. The average molecular weight is 363 g/mol. The van der Waals surface area contributed by atoms with E-state index in [2.05, 4.69) is 14.3 Å². The zero-order chi connectivity index (χ0) is 18.1. The molecule has 0 amide bonds. The van der Waals surface area contributed by atoms with Crippen LogP contribution >= 0.6 is 11.6 Å². The van der Waals surface area contributed by atoms with E-state index in [1.165, 1.54) is 0 Å². The first-order valence-electron chi connectivity index (χ1n) is 7.72. The van der Waals surface area contributed by atoms with E-state index in [0.29, 0.717) is 18.1 Å². The average Bonchev–Trinajstić information content (AvgIpc) is 2.78. The molecule has 0 bridgehead atoms. The highest BCUT2D eigenvalue weighted by atomic mass is 35.5. The molecule has 1 aromatic carbocycles. The molecule has 3 rings (SSSR count). The molecule has 1 aliphatic heterocycles. The van der Waals surface area contributed by atoms with Gasteiger partial charge in [-0.1, -0.05) is 11.6 Å². The normalized spacial score (nSPS) is 12.7. The summed E-state index contributed by atoms with van der Waals surface area (Å²) in [5.41, 5.74) is 3.83. The Hall–Kier alpha value is -2.67. The van der Waals surface area contributed by atoms with Gasteiger partial charge in [-0.2, -0.15) is 4.57 Å². The van der Waals surface area contributed by atoms with Crippen molar-refractivity contribution >= 4 is 29.4 Å². The summed E-state index contributed by atoms with van der Waals surface area (Å²) in [4.78, 5) is 26.4. The Morgan fingerprint density at radius 1 is 1.40 bits per heavy atom. The lowest BCUT2D eigenvalue weighted by Crippen LogP contribution is -2.37. The van der Waals surface area contributed by atoms with E-state index in [9.17, 15) is 9.59 Å². The highest BCUT2D eigenvalue weighted by molar-refractivity contribution is 6.31. The number of carbonyl (C=O) groups is 2. The van der Waals surface area contributed by atoms with Gasteiger partial charge in [0.2, 0.25) is 0 Å². The van der Waals surface area contributed by atoms with E-state index in [-0.39, 0.29) is 6.42 Å². The zero-order valence-corrected chi connectivity index (χ0v) is 14.6. The molecular formula is C17H17ClN3O4+. The van der Waals surface area contributed by atoms with Crippen LogP contribution in [-0.2, 0) is 22.6 Å². The van der Waals surface area contributed by atoms with Crippen molar-refractivity contribution in [3.8, 4) is 5.69 Å². The lowest BCUT2D eigenvalue weighted by atomic mass is 10.1. The van der Waals surface area contributed by atoms with Crippen LogP contribution in [0, 0.1) is 6.92 Å². The van der Waals surface area contributed by atoms with Crippen LogP contribution in [0.5, 0.6) is 0 Å². The quantitative estimate of drug-likeness (QED) is 0.517. The van der Waals surface area contributed by atoms with Crippen LogP contribution in [0.2, 0.25) is 5.02 Å². The number of aromatic nitrogens is 2. The Bertz CT molecular complexity index is 902. The predicted molar refractivity (Wildman–Crippen MR) is 90.4 cm³/mol. The maximum Gasteiger partial charge on any atom is 0.513 e. The van der Waals surface area contributed by atoms with Gasteiger partial charge in [-0.15, -0.1) is 0 Å². The Labute approximate surface area is 149 Å². The van der Waals surface area contributed by atoms with Crippen LogP contribution in [0.1, 0.15) is 30.4 Å². The molecule has 1 aliphatic rings. The van der Waals surface area contributed by atoms with Gasteiger partial charge < -0.3 is 9.84 Å². The second kappa shape index (κ2) is 6.68. The van der Waals surface area contributed by atoms with Crippen LogP contribution < -0.4 is 4.57 Å². The molecule has 2 aromatic rings. The topological polar surface area (TPSA) is 84.8 Å². The highest BCUT2D eigenvalue weighted by Crippen LogP contribution is 2.26. The Balaban J connectivity index is 1.95.